The van der Waals surface area contributed by atoms with Crippen molar-refractivity contribution in [2.24, 2.45) is 11.5 Å². The largest absolute Gasteiger partial charge is 0.493 e. The first-order valence-electron chi connectivity index (χ1n) is 14.9. The molecule has 3 aromatic carbocycles. The maximum Gasteiger partial charge on any atom is 0.333 e. The number of fused-ring (bicyclic) bond motifs is 2. The zero-order chi connectivity index (χ0) is 31.0. The maximum absolute atomic E-state index is 11.3. The summed E-state index contributed by atoms with van der Waals surface area (Å²) in [5.74, 6) is -1.09. The molecule has 2 atom stereocenters. The van der Waals surface area contributed by atoms with Crippen molar-refractivity contribution in [2.45, 2.75) is 64.0 Å². The van der Waals surface area contributed by atoms with Crippen molar-refractivity contribution in [1.82, 2.24) is 0 Å². The molecule has 1 aliphatic rings. The van der Waals surface area contributed by atoms with Crippen molar-refractivity contribution in [3.63, 3.8) is 0 Å². The van der Waals surface area contributed by atoms with Crippen LogP contribution in [0.5, 0.6) is 5.75 Å². The third-order valence-electron chi connectivity index (χ3n) is 7.29. The Bertz CT molecular complexity index is 1290. The van der Waals surface area contributed by atoms with Crippen molar-refractivity contribution >= 4 is 17.5 Å². The van der Waals surface area contributed by atoms with E-state index < -0.39 is 24.1 Å². The Morgan fingerprint density at radius 2 is 1.49 bits per heavy atom. The number of carboxylic acid groups (broad SMARTS) is 2. The third kappa shape index (κ3) is 10.7. The predicted molar refractivity (Wildman–Crippen MR) is 169 cm³/mol. The Labute approximate surface area is 254 Å². The lowest BCUT2D eigenvalue weighted by atomic mass is 9.93. The number of hydrogen-bond donors (Lipinski definition) is 4. The molecule has 0 saturated carbocycles. The highest BCUT2D eigenvalue weighted by molar-refractivity contribution is 5.83. The number of aliphatic carboxylic acids is 2. The zero-order valence-electron chi connectivity index (χ0n) is 24.9. The van der Waals surface area contributed by atoms with E-state index in [9.17, 15) is 14.7 Å². The summed E-state index contributed by atoms with van der Waals surface area (Å²) in [5, 5.41) is 17.6. The molecule has 0 aliphatic heterocycles. The van der Waals surface area contributed by atoms with Gasteiger partial charge in [0.15, 0.2) is 6.10 Å². The first kappa shape index (κ1) is 33.5. The second-order valence-corrected chi connectivity index (χ2v) is 10.4. The fraction of sp³-hybridized carbons (Fsp3) is 0.371. The van der Waals surface area contributed by atoms with Crippen LogP contribution in [-0.2, 0) is 33.6 Å². The molecule has 0 spiro atoms. The summed E-state index contributed by atoms with van der Waals surface area (Å²) in [4.78, 5) is 21.4. The lowest BCUT2D eigenvalue weighted by Gasteiger charge is -2.13. The average Bonchev–Trinajstić information content (AvgIpc) is 3.17. The number of carboxylic acids is 2. The average molecular weight is 589 g/mol. The smallest absolute Gasteiger partial charge is 0.333 e. The van der Waals surface area contributed by atoms with Gasteiger partial charge in [-0.2, -0.15) is 0 Å². The van der Waals surface area contributed by atoms with Gasteiger partial charge in [0.05, 0.1) is 6.61 Å². The first-order valence-corrected chi connectivity index (χ1v) is 14.9. The van der Waals surface area contributed by atoms with E-state index in [-0.39, 0.29) is 0 Å². The lowest BCUT2D eigenvalue weighted by molar-refractivity contribution is -0.150. The molecule has 4 rings (SSSR count). The molecule has 230 valence electrons. The van der Waals surface area contributed by atoms with Gasteiger partial charge in [0.25, 0.3) is 0 Å². The van der Waals surface area contributed by atoms with Crippen LogP contribution in [0.2, 0.25) is 0 Å². The number of ether oxygens (including phenoxy) is 2. The SMILES string of the molecule is CCOC(Cc1ccc(OCCC=C2c3ccccc3CCc3ccccc32)cc1)C(=O)O.NCCCC[C@H](N)C(=O)O. The summed E-state index contributed by atoms with van der Waals surface area (Å²) < 4.78 is 11.3. The molecule has 0 saturated heterocycles. The summed E-state index contributed by atoms with van der Waals surface area (Å²) in [6.45, 7) is 3.35. The van der Waals surface area contributed by atoms with Crippen LogP contribution in [0, 0.1) is 0 Å². The van der Waals surface area contributed by atoms with Gasteiger partial charge in [-0.15, -0.1) is 0 Å². The van der Waals surface area contributed by atoms with Crippen molar-refractivity contribution in [2.75, 3.05) is 19.8 Å². The van der Waals surface area contributed by atoms with E-state index in [4.69, 9.17) is 26.0 Å². The van der Waals surface area contributed by atoms with Crippen LogP contribution < -0.4 is 16.2 Å². The van der Waals surface area contributed by atoms with E-state index >= 15 is 0 Å². The second kappa shape index (κ2) is 17.9. The van der Waals surface area contributed by atoms with E-state index in [0.29, 0.717) is 32.6 Å². The minimum absolute atomic E-state index is 0.342. The highest BCUT2D eigenvalue weighted by Crippen LogP contribution is 2.33. The quantitative estimate of drug-likeness (QED) is 0.187. The van der Waals surface area contributed by atoms with Gasteiger partial charge in [-0.1, -0.05) is 73.2 Å². The third-order valence-corrected chi connectivity index (χ3v) is 7.29. The molecule has 8 heteroatoms. The molecule has 0 radical (unpaired) electrons. The highest BCUT2D eigenvalue weighted by Gasteiger charge is 2.18. The summed E-state index contributed by atoms with van der Waals surface area (Å²) >= 11 is 0. The molecule has 1 unspecified atom stereocenters. The second-order valence-electron chi connectivity index (χ2n) is 10.4. The Balaban J connectivity index is 0.000000436. The molecule has 3 aromatic rings. The number of hydrogen-bond acceptors (Lipinski definition) is 6. The molecule has 0 amide bonds. The number of benzene rings is 3. The van der Waals surface area contributed by atoms with Crippen molar-refractivity contribution < 1.29 is 29.3 Å². The van der Waals surface area contributed by atoms with Gasteiger partial charge >= 0.3 is 11.9 Å². The van der Waals surface area contributed by atoms with Crippen LogP contribution in [0.15, 0.2) is 78.9 Å². The Kier molecular flexibility index (Phi) is 13.9. The molecule has 0 aromatic heterocycles. The Hall–Kier alpha value is -3.98. The van der Waals surface area contributed by atoms with Gasteiger partial charge in [0, 0.05) is 19.4 Å². The minimum atomic E-state index is -0.938. The Morgan fingerprint density at radius 3 is 2.02 bits per heavy atom. The molecule has 8 nitrogen and oxygen atoms in total. The van der Waals surface area contributed by atoms with E-state index in [1.807, 2.05) is 24.3 Å². The summed E-state index contributed by atoms with van der Waals surface area (Å²) in [6.07, 6.45) is 6.88. The van der Waals surface area contributed by atoms with Gasteiger partial charge in [0.2, 0.25) is 0 Å². The molecule has 1 aliphatic carbocycles. The summed E-state index contributed by atoms with van der Waals surface area (Å²) in [7, 11) is 0. The monoisotopic (exact) mass is 588 g/mol. The highest BCUT2D eigenvalue weighted by atomic mass is 16.5. The summed E-state index contributed by atoms with van der Waals surface area (Å²) in [6, 6.07) is 24.2. The van der Waals surface area contributed by atoms with Crippen LogP contribution >= 0.6 is 0 Å². The van der Waals surface area contributed by atoms with Gasteiger partial charge in [-0.25, -0.2) is 4.79 Å². The van der Waals surface area contributed by atoms with Gasteiger partial charge < -0.3 is 31.2 Å². The zero-order valence-corrected chi connectivity index (χ0v) is 24.9. The topological polar surface area (TPSA) is 145 Å². The number of aryl methyl sites for hydroxylation is 2. The molecule has 0 fully saturated rings. The number of unbranched alkanes of at least 4 members (excludes halogenated alkanes) is 1. The normalized spacial score (nSPS) is 13.3. The van der Waals surface area contributed by atoms with E-state index in [1.165, 1.54) is 27.8 Å². The van der Waals surface area contributed by atoms with Crippen LogP contribution in [0.3, 0.4) is 0 Å². The van der Waals surface area contributed by atoms with Gasteiger partial charge in [0.1, 0.15) is 11.8 Å². The Morgan fingerprint density at radius 1 is 0.884 bits per heavy atom. The molecule has 43 heavy (non-hydrogen) atoms. The van der Waals surface area contributed by atoms with Crippen LogP contribution in [0.25, 0.3) is 5.57 Å². The van der Waals surface area contributed by atoms with Gasteiger partial charge in [-0.3, -0.25) is 4.79 Å². The number of nitrogens with two attached hydrogens (primary N) is 2. The molecule has 6 N–H and O–H groups in total. The summed E-state index contributed by atoms with van der Waals surface area (Å²) in [5.41, 5.74) is 18.0. The molecular formula is C35H44N2O6. The molecule has 0 heterocycles. The standard InChI is InChI=1S/C29H30O4.C6H14N2O2/c1-2-32-28(29(30)31)20-21-13-17-24(18-14-21)33-19-7-12-27-25-10-5-3-8-22(25)15-16-23-9-4-6-11-26(23)27;7-4-2-1-3-5(8)6(9)10/h3-6,8-14,17-18,28H,2,7,15-16,19-20H2,1H3,(H,30,31);5H,1-4,7-8H2,(H,9,10)/t;5-/m.0/s1. The van der Waals surface area contributed by atoms with Gasteiger partial charge in [-0.05, 0) is 84.7 Å². The van der Waals surface area contributed by atoms with Crippen molar-refractivity contribution in [3.8, 4) is 5.75 Å². The van der Waals surface area contributed by atoms with Crippen molar-refractivity contribution in [1.29, 1.82) is 0 Å². The fourth-order valence-electron chi connectivity index (χ4n) is 5.00. The minimum Gasteiger partial charge on any atom is -0.493 e. The maximum atomic E-state index is 11.3. The van der Waals surface area contributed by atoms with E-state index in [2.05, 4.69) is 54.6 Å². The number of rotatable bonds is 14. The molecule has 0 bridgehead atoms. The van der Waals surface area contributed by atoms with Crippen molar-refractivity contribution in [3.05, 3.63) is 107 Å². The fourth-order valence-corrected chi connectivity index (χ4v) is 5.00. The predicted octanol–water partition coefficient (Wildman–Crippen LogP) is 5.25. The number of carbonyl (C=O) groups is 2. The first-order chi connectivity index (χ1) is 20.8. The van der Waals surface area contributed by atoms with Crippen LogP contribution in [0.4, 0.5) is 0 Å². The van der Waals surface area contributed by atoms with E-state index in [1.54, 1.807) is 6.92 Å². The van der Waals surface area contributed by atoms with Crippen LogP contribution in [-0.4, -0.2) is 54.1 Å². The molecular weight excluding hydrogens is 544 g/mol. The van der Waals surface area contributed by atoms with E-state index in [0.717, 1.165) is 43.4 Å². The van der Waals surface area contributed by atoms with Crippen LogP contribution in [0.1, 0.15) is 60.4 Å². The lowest BCUT2D eigenvalue weighted by Crippen LogP contribution is -2.29.